The van der Waals surface area contributed by atoms with E-state index in [0.29, 0.717) is 49.0 Å². The van der Waals surface area contributed by atoms with Crippen LogP contribution in [0.1, 0.15) is 81.7 Å². The fourth-order valence-electron chi connectivity index (χ4n) is 6.41. The number of carboxylic acid groups (broad SMARTS) is 1. The number of aromatic nitrogens is 2. The van der Waals surface area contributed by atoms with E-state index in [2.05, 4.69) is 23.6 Å². The van der Waals surface area contributed by atoms with Crippen molar-refractivity contribution < 1.29 is 27.9 Å². The molecule has 2 amide bonds. The summed E-state index contributed by atoms with van der Waals surface area (Å²) in [5, 5.41) is 12.0. The van der Waals surface area contributed by atoms with Crippen LogP contribution < -0.4 is 9.62 Å². The second-order valence-electron chi connectivity index (χ2n) is 13.0. The van der Waals surface area contributed by atoms with E-state index < -0.39 is 27.8 Å². The SMILES string of the molecule is CCCCN(CCCC)c1ncc(C(=O)O)c(-c2ccc(C(=O)NS(=O)(=O)c3ccc4ccc(Cl)cc4c3)cc2C(=O)N2CCc3ccccc3C2)n1. The topological polar surface area (TPSA) is 150 Å². The standard InChI is InChI=1S/C40H40ClN5O6S/c1-3-5-18-45(19-6-4-2)40-42-24-35(39(49)50)36(43-40)33-16-13-28(23-34(33)38(48)46-20-17-26-9-7-8-10-29(26)25-46)37(47)44-53(51,52)32-15-12-27-11-14-31(41)21-30(27)22-32/h7-16,21-24H,3-6,17-20,25H2,1-2H3,(H,44,47)(H,49,50). The van der Waals surface area contributed by atoms with Gasteiger partial charge in [-0.05, 0) is 77.6 Å². The molecule has 5 aromatic rings. The number of hydrogen-bond acceptors (Lipinski definition) is 8. The molecule has 274 valence electrons. The highest BCUT2D eigenvalue weighted by atomic mass is 35.5. The number of hydrogen-bond donors (Lipinski definition) is 2. The Morgan fingerprint density at radius 1 is 0.887 bits per heavy atom. The van der Waals surface area contributed by atoms with Crippen molar-refractivity contribution in [2.45, 2.75) is 57.4 Å². The van der Waals surface area contributed by atoms with Gasteiger partial charge in [-0.15, -0.1) is 0 Å². The number of anilines is 1. The number of fused-ring (bicyclic) bond motifs is 2. The van der Waals surface area contributed by atoms with Crippen molar-refractivity contribution >= 4 is 56.1 Å². The molecule has 0 spiro atoms. The zero-order chi connectivity index (χ0) is 37.7. The molecule has 53 heavy (non-hydrogen) atoms. The lowest BCUT2D eigenvalue weighted by molar-refractivity contribution is 0.0693. The lowest BCUT2D eigenvalue weighted by Crippen LogP contribution is -2.36. The molecule has 0 aliphatic carbocycles. The molecule has 13 heteroatoms. The maximum absolute atomic E-state index is 14.5. The van der Waals surface area contributed by atoms with Crippen molar-refractivity contribution in [3.8, 4) is 11.3 Å². The van der Waals surface area contributed by atoms with Gasteiger partial charge in [0.2, 0.25) is 5.95 Å². The van der Waals surface area contributed by atoms with E-state index in [0.717, 1.165) is 42.2 Å². The third-order valence-electron chi connectivity index (χ3n) is 9.35. The van der Waals surface area contributed by atoms with Gasteiger partial charge in [0, 0.05) is 54.1 Å². The van der Waals surface area contributed by atoms with Crippen molar-refractivity contribution in [3.63, 3.8) is 0 Å². The van der Waals surface area contributed by atoms with Crippen LogP contribution in [0, 0.1) is 0 Å². The van der Waals surface area contributed by atoms with Gasteiger partial charge in [-0.1, -0.05) is 80.8 Å². The third kappa shape index (κ3) is 8.34. The largest absolute Gasteiger partial charge is 0.478 e. The van der Waals surface area contributed by atoms with Crippen LogP contribution in [-0.2, 0) is 23.0 Å². The molecule has 4 aromatic carbocycles. The van der Waals surface area contributed by atoms with Crippen molar-refractivity contribution in [2.24, 2.45) is 0 Å². The summed E-state index contributed by atoms with van der Waals surface area (Å²) in [6.45, 7) is 6.17. The van der Waals surface area contributed by atoms with Gasteiger partial charge in [0.15, 0.2) is 0 Å². The van der Waals surface area contributed by atoms with Crippen molar-refractivity contribution in [1.29, 1.82) is 0 Å². The summed E-state index contributed by atoms with van der Waals surface area (Å²) in [6.07, 6.45) is 5.49. The van der Waals surface area contributed by atoms with Crippen LogP contribution in [0.5, 0.6) is 0 Å². The highest BCUT2D eigenvalue weighted by Gasteiger charge is 2.29. The Hall–Kier alpha value is -5.33. The van der Waals surface area contributed by atoms with Crippen molar-refractivity contribution in [2.75, 3.05) is 24.5 Å². The number of amides is 2. The lowest BCUT2D eigenvalue weighted by atomic mass is 9.95. The minimum atomic E-state index is -4.35. The zero-order valence-electron chi connectivity index (χ0n) is 29.5. The average Bonchev–Trinajstić information content (AvgIpc) is 3.16. The molecule has 0 bridgehead atoms. The van der Waals surface area contributed by atoms with Crippen LogP contribution in [0.2, 0.25) is 5.02 Å². The molecule has 11 nitrogen and oxygen atoms in total. The number of carbonyl (C=O) groups is 3. The van der Waals surface area contributed by atoms with Gasteiger partial charge in [0.05, 0.1) is 10.6 Å². The number of carbonyl (C=O) groups excluding carboxylic acids is 2. The summed E-state index contributed by atoms with van der Waals surface area (Å²) in [5.74, 6) is -2.37. The Bertz CT molecular complexity index is 2310. The van der Waals surface area contributed by atoms with Crippen molar-refractivity contribution in [1.82, 2.24) is 19.6 Å². The molecule has 0 atom stereocenters. The van der Waals surface area contributed by atoms with E-state index in [4.69, 9.17) is 16.6 Å². The Morgan fingerprint density at radius 2 is 1.60 bits per heavy atom. The quantitative estimate of drug-likeness (QED) is 0.126. The summed E-state index contributed by atoms with van der Waals surface area (Å²) >= 11 is 6.13. The van der Waals surface area contributed by atoms with Crippen LogP contribution >= 0.6 is 11.6 Å². The molecule has 0 saturated heterocycles. The van der Waals surface area contributed by atoms with Crippen molar-refractivity contribution in [3.05, 3.63) is 118 Å². The van der Waals surface area contributed by atoms with Gasteiger partial charge < -0.3 is 14.9 Å². The molecule has 0 saturated carbocycles. The van der Waals surface area contributed by atoms with Crippen LogP contribution in [-0.4, -0.2) is 65.8 Å². The molecular formula is C40H40ClN5O6S. The summed E-state index contributed by atoms with van der Waals surface area (Å²) in [6, 6.07) is 21.5. The van der Waals surface area contributed by atoms with Gasteiger partial charge in [-0.3, -0.25) is 9.59 Å². The summed E-state index contributed by atoms with van der Waals surface area (Å²) < 4.78 is 29.0. The Balaban J connectivity index is 1.42. The minimum absolute atomic E-state index is 0.00981. The molecule has 1 aliphatic rings. The molecule has 0 unspecified atom stereocenters. The van der Waals surface area contributed by atoms with Crippen LogP contribution in [0.15, 0.2) is 90.0 Å². The average molecular weight is 754 g/mol. The molecule has 1 aromatic heterocycles. The summed E-state index contributed by atoms with van der Waals surface area (Å²) in [5.41, 5.74) is 2.00. The number of nitrogens with zero attached hydrogens (tertiary/aromatic N) is 4. The van der Waals surface area contributed by atoms with E-state index in [1.165, 1.54) is 36.5 Å². The van der Waals surface area contributed by atoms with Gasteiger partial charge >= 0.3 is 5.97 Å². The number of carboxylic acids is 1. The van der Waals surface area contributed by atoms with Gasteiger partial charge in [0.1, 0.15) is 5.56 Å². The number of benzene rings is 4. The minimum Gasteiger partial charge on any atom is -0.478 e. The fourth-order valence-corrected chi connectivity index (χ4v) is 7.60. The van der Waals surface area contributed by atoms with Gasteiger partial charge in [0.25, 0.3) is 21.8 Å². The normalized spacial score (nSPS) is 12.7. The molecule has 2 heterocycles. The predicted molar refractivity (Wildman–Crippen MR) is 205 cm³/mol. The number of aromatic carboxylic acids is 1. The van der Waals surface area contributed by atoms with E-state index >= 15 is 0 Å². The molecule has 6 rings (SSSR count). The van der Waals surface area contributed by atoms with Crippen LogP contribution in [0.25, 0.3) is 22.0 Å². The Morgan fingerprint density at radius 3 is 2.32 bits per heavy atom. The molecule has 1 aliphatic heterocycles. The molecule has 0 fully saturated rings. The van der Waals surface area contributed by atoms with Gasteiger partial charge in [-0.25, -0.2) is 27.9 Å². The third-order valence-corrected chi connectivity index (χ3v) is 10.9. The highest BCUT2D eigenvalue weighted by molar-refractivity contribution is 7.90. The number of nitrogens with one attached hydrogen (secondary N) is 1. The first-order chi connectivity index (χ1) is 25.5. The van der Waals surface area contributed by atoms with E-state index in [1.807, 2.05) is 29.2 Å². The zero-order valence-corrected chi connectivity index (χ0v) is 31.1. The Labute approximate surface area is 313 Å². The number of unbranched alkanes of at least 4 members (excludes halogenated alkanes) is 2. The maximum atomic E-state index is 14.5. The molecular weight excluding hydrogens is 714 g/mol. The number of sulfonamides is 1. The number of halogens is 1. The van der Waals surface area contributed by atoms with Crippen LogP contribution in [0.3, 0.4) is 0 Å². The lowest BCUT2D eigenvalue weighted by Gasteiger charge is -2.30. The molecule has 0 radical (unpaired) electrons. The van der Waals surface area contributed by atoms with E-state index in [9.17, 15) is 27.9 Å². The first-order valence-corrected chi connectivity index (χ1v) is 19.5. The maximum Gasteiger partial charge on any atom is 0.339 e. The second-order valence-corrected chi connectivity index (χ2v) is 15.1. The fraction of sp³-hybridized carbons (Fsp3) is 0.275. The van der Waals surface area contributed by atoms with E-state index in [-0.39, 0.29) is 32.8 Å². The summed E-state index contributed by atoms with van der Waals surface area (Å²) in [4.78, 5) is 53.4. The summed E-state index contributed by atoms with van der Waals surface area (Å²) in [7, 11) is -4.35. The van der Waals surface area contributed by atoms with E-state index in [1.54, 1.807) is 29.2 Å². The van der Waals surface area contributed by atoms with Gasteiger partial charge in [-0.2, -0.15) is 0 Å². The number of rotatable bonds is 13. The highest BCUT2D eigenvalue weighted by Crippen LogP contribution is 2.31. The second kappa shape index (κ2) is 16.1. The first kappa shape index (κ1) is 37.4. The first-order valence-electron chi connectivity index (χ1n) is 17.6. The smallest absolute Gasteiger partial charge is 0.339 e. The molecule has 2 N–H and O–H groups in total. The Kier molecular flexibility index (Phi) is 11.4. The monoisotopic (exact) mass is 753 g/mol. The predicted octanol–water partition coefficient (Wildman–Crippen LogP) is 7.37. The van der Waals surface area contributed by atoms with Crippen LogP contribution in [0.4, 0.5) is 5.95 Å².